The molecule has 0 bridgehead atoms. The van der Waals surface area contributed by atoms with Gasteiger partial charge in [0.05, 0.1) is 9.92 Å². The van der Waals surface area contributed by atoms with Crippen molar-refractivity contribution in [3.05, 3.63) is 23.2 Å². The van der Waals surface area contributed by atoms with Gasteiger partial charge in [-0.2, -0.15) is 8.78 Å². The summed E-state index contributed by atoms with van der Waals surface area (Å²) in [6.07, 6.45) is 0. The molecule has 1 rings (SSSR count). The summed E-state index contributed by atoms with van der Waals surface area (Å²) in [6, 6.07) is 3.56. The molecule has 0 radical (unpaired) electrons. The number of alkyl halides is 2. The zero-order valence-corrected chi connectivity index (χ0v) is 13.1. The van der Waals surface area contributed by atoms with Crippen LogP contribution < -0.4 is 14.8 Å². The predicted octanol–water partition coefficient (Wildman–Crippen LogP) is 2.22. The number of nitrogens with one attached hydrogen (secondary N) is 2. The Hall–Kier alpha value is -0.960. The van der Waals surface area contributed by atoms with E-state index in [0.717, 1.165) is 18.2 Å². The van der Waals surface area contributed by atoms with E-state index in [9.17, 15) is 17.2 Å². The third-order valence-electron chi connectivity index (χ3n) is 2.40. The fourth-order valence-electron chi connectivity index (χ4n) is 1.47. The summed E-state index contributed by atoms with van der Waals surface area (Å²) in [6.45, 7) is 1.53. The van der Waals surface area contributed by atoms with Crippen LogP contribution in [-0.2, 0) is 10.0 Å². The van der Waals surface area contributed by atoms with Gasteiger partial charge in [0, 0.05) is 19.1 Å². The molecule has 0 heterocycles. The second-order valence-corrected chi connectivity index (χ2v) is 6.65. The SMILES string of the molecule is CC(C)NCCNS(=O)(=O)c1ccc(OC(F)F)c(Cl)c1. The van der Waals surface area contributed by atoms with Crippen molar-refractivity contribution in [2.45, 2.75) is 31.4 Å². The van der Waals surface area contributed by atoms with Crippen LogP contribution in [0.15, 0.2) is 23.1 Å². The summed E-state index contributed by atoms with van der Waals surface area (Å²) in [5.74, 6) is -0.271. The molecule has 0 aliphatic carbocycles. The zero-order chi connectivity index (χ0) is 16.0. The first-order chi connectivity index (χ1) is 9.72. The van der Waals surface area contributed by atoms with Crippen LogP contribution in [0.25, 0.3) is 0 Å². The van der Waals surface area contributed by atoms with Gasteiger partial charge >= 0.3 is 6.61 Å². The molecule has 9 heteroatoms. The minimum absolute atomic E-state index is 0.112. The van der Waals surface area contributed by atoms with Crippen LogP contribution in [0.3, 0.4) is 0 Å². The third kappa shape index (κ3) is 6.13. The van der Waals surface area contributed by atoms with Crippen molar-refractivity contribution in [3.8, 4) is 5.75 Å². The van der Waals surface area contributed by atoms with Gasteiger partial charge in [-0.3, -0.25) is 0 Å². The predicted molar refractivity (Wildman–Crippen MR) is 76.4 cm³/mol. The van der Waals surface area contributed by atoms with Gasteiger partial charge in [0.25, 0.3) is 0 Å². The summed E-state index contributed by atoms with van der Waals surface area (Å²) in [5, 5.41) is 2.86. The Morgan fingerprint density at radius 3 is 2.48 bits per heavy atom. The van der Waals surface area contributed by atoms with Crippen molar-refractivity contribution in [2.75, 3.05) is 13.1 Å². The van der Waals surface area contributed by atoms with E-state index in [1.165, 1.54) is 0 Å². The Balaban J connectivity index is 2.73. The van der Waals surface area contributed by atoms with Crippen LogP contribution in [0, 0.1) is 0 Å². The first kappa shape index (κ1) is 18.1. The molecule has 0 atom stereocenters. The lowest BCUT2D eigenvalue weighted by molar-refractivity contribution is -0.0498. The van der Waals surface area contributed by atoms with E-state index in [4.69, 9.17) is 11.6 Å². The van der Waals surface area contributed by atoms with Crippen molar-refractivity contribution in [1.29, 1.82) is 0 Å². The average Bonchev–Trinajstić information content (AvgIpc) is 2.36. The molecule has 1 aromatic carbocycles. The largest absolute Gasteiger partial charge is 0.433 e. The molecule has 0 aromatic heterocycles. The van der Waals surface area contributed by atoms with Crippen molar-refractivity contribution >= 4 is 21.6 Å². The van der Waals surface area contributed by atoms with E-state index in [2.05, 4.69) is 14.8 Å². The molecule has 0 saturated carbocycles. The van der Waals surface area contributed by atoms with E-state index >= 15 is 0 Å². The Bertz CT molecular complexity index is 568. The number of halogens is 3. The highest BCUT2D eigenvalue weighted by Crippen LogP contribution is 2.28. The summed E-state index contributed by atoms with van der Waals surface area (Å²) in [7, 11) is -3.74. The summed E-state index contributed by atoms with van der Waals surface area (Å²) >= 11 is 5.72. The van der Waals surface area contributed by atoms with Crippen molar-refractivity contribution in [1.82, 2.24) is 10.0 Å². The molecule has 1 aromatic rings. The average molecular weight is 343 g/mol. The van der Waals surface area contributed by atoms with Gasteiger partial charge in [0.15, 0.2) is 0 Å². The summed E-state index contributed by atoms with van der Waals surface area (Å²) < 4.78 is 54.7. The normalized spacial score (nSPS) is 12.1. The quantitative estimate of drug-likeness (QED) is 0.711. The first-order valence-electron chi connectivity index (χ1n) is 6.20. The smallest absolute Gasteiger partial charge is 0.387 e. The second kappa shape index (κ2) is 7.88. The van der Waals surface area contributed by atoms with Crippen LogP contribution in [0.2, 0.25) is 5.02 Å². The van der Waals surface area contributed by atoms with Crippen LogP contribution >= 0.6 is 11.6 Å². The Kier molecular flexibility index (Phi) is 6.79. The molecule has 0 aliphatic heterocycles. The van der Waals surface area contributed by atoms with E-state index in [1.54, 1.807) is 0 Å². The highest BCUT2D eigenvalue weighted by Gasteiger charge is 2.17. The van der Waals surface area contributed by atoms with Crippen molar-refractivity contribution in [3.63, 3.8) is 0 Å². The van der Waals surface area contributed by atoms with Gasteiger partial charge in [-0.1, -0.05) is 25.4 Å². The monoisotopic (exact) mass is 342 g/mol. The number of ether oxygens (including phenoxy) is 1. The number of hydrogen-bond donors (Lipinski definition) is 2. The lowest BCUT2D eigenvalue weighted by atomic mass is 10.3. The molecular formula is C12H17ClF2N2O3S. The summed E-state index contributed by atoms with van der Waals surface area (Å²) in [4.78, 5) is -0.112. The van der Waals surface area contributed by atoms with Crippen LogP contribution in [0.5, 0.6) is 5.75 Å². The minimum atomic E-state index is -3.74. The van der Waals surface area contributed by atoms with Gasteiger partial charge in [-0.05, 0) is 18.2 Å². The van der Waals surface area contributed by atoms with E-state index in [1.807, 2.05) is 13.8 Å². The maximum Gasteiger partial charge on any atom is 0.387 e. The van der Waals surface area contributed by atoms with Crippen LogP contribution in [-0.4, -0.2) is 34.2 Å². The van der Waals surface area contributed by atoms with Gasteiger partial charge in [0.1, 0.15) is 5.75 Å². The number of hydrogen-bond acceptors (Lipinski definition) is 4. The molecule has 0 fully saturated rings. The van der Waals surface area contributed by atoms with E-state index in [0.29, 0.717) is 6.54 Å². The minimum Gasteiger partial charge on any atom is -0.433 e. The standard InChI is InChI=1S/C12H17ClF2N2O3S/c1-8(2)16-5-6-17-21(18,19)9-3-4-11(10(13)7-9)20-12(14)15/h3-4,7-8,12,16-17H,5-6H2,1-2H3. The summed E-state index contributed by atoms with van der Waals surface area (Å²) in [5.41, 5.74) is 0. The van der Waals surface area contributed by atoms with Gasteiger partial charge in [-0.25, -0.2) is 13.1 Å². The Morgan fingerprint density at radius 2 is 1.95 bits per heavy atom. The van der Waals surface area contributed by atoms with Gasteiger partial charge < -0.3 is 10.1 Å². The lowest BCUT2D eigenvalue weighted by Gasteiger charge is -2.11. The molecule has 0 saturated heterocycles. The molecule has 5 nitrogen and oxygen atoms in total. The van der Waals surface area contributed by atoms with Crippen molar-refractivity contribution in [2.24, 2.45) is 0 Å². The molecule has 0 spiro atoms. The molecule has 21 heavy (non-hydrogen) atoms. The third-order valence-corrected chi connectivity index (χ3v) is 4.15. The topological polar surface area (TPSA) is 67.4 Å². The fraction of sp³-hybridized carbons (Fsp3) is 0.500. The second-order valence-electron chi connectivity index (χ2n) is 4.48. The highest BCUT2D eigenvalue weighted by molar-refractivity contribution is 7.89. The van der Waals surface area contributed by atoms with Crippen LogP contribution in [0.4, 0.5) is 8.78 Å². The van der Waals surface area contributed by atoms with Crippen LogP contribution in [0.1, 0.15) is 13.8 Å². The van der Waals surface area contributed by atoms with E-state index < -0.39 is 16.6 Å². The van der Waals surface area contributed by atoms with Gasteiger partial charge in [-0.15, -0.1) is 0 Å². The van der Waals surface area contributed by atoms with E-state index in [-0.39, 0.29) is 28.3 Å². The van der Waals surface area contributed by atoms with Gasteiger partial charge in [0.2, 0.25) is 10.0 Å². The number of benzene rings is 1. The lowest BCUT2D eigenvalue weighted by Crippen LogP contribution is -2.34. The fourth-order valence-corrected chi connectivity index (χ4v) is 2.82. The maximum atomic E-state index is 12.1. The molecule has 2 N–H and O–H groups in total. The molecule has 120 valence electrons. The van der Waals surface area contributed by atoms with Crippen molar-refractivity contribution < 1.29 is 21.9 Å². The first-order valence-corrected chi connectivity index (χ1v) is 8.06. The molecular weight excluding hydrogens is 326 g/mol. The molecule has 0 aliphatic rings. The maximum absolute atomic E-state index is 12.1. The molecule has 0 unspecified atom stereocenters. The highest BCUT2D eigenvalue weighted by atomic mass is 35.5. The Labute approximate surface area is 127 Å². The number of sulfonamides is 1. The molecule has 0 amide bonds. The zero-order valence-electron chi connectivity index (χ0n) is 11.6. The Morgan fingerprint density at radius 1 is 1.29 bits per heavy atom. The number of rotatable bonds is 8.